The Morgan fingerprint density at radius 1 is 1.07 bits per heavy atom. The molecule has 0 aliphatic carbocycles. The molecule has 1 aliphatic rings. The van der Waals surface area contributed by atoms with Gasteiger partial charge in [0.15, 0.2) is 11.5 Å². The molecule has 0 saturated heterocycles. The Morgan fingerprint density at radius 3 is 2.28 bits per heavy atom. The van der Waals surface area contributed by atoms with Gasteiger partial charge in [-0.1, -0.05) is 0 Å². The molecule has 0 spiro atoms. The number of carbonyl (C=O) groups is 2. The van der Waals surface area contributed by atoms with Crippen LogP contribution >= 0.6 is 0 Å². The number of fused-ring (bicyclic) bond motifs is 1. The molecule has 0 saturated carbocycles. The number of ether oxygens (including phenoxy) is 2. The summed E-state index contributed by atoms with van der Waals surface area (Å²) >= 11 is 0. The Bertz CT molecular complexity index is 1110. The van der Waals surface area contributed by atoms with Gasteiger partial charge < -0.3 is 14.8 Å². The number of carbonyl (C=O) groups excluding carboxylic acids is 2. The summed E-state index contributed by atoms with van der Waals surface area (Å²) in [4.78, 5) is 25.0. The first-order chi connectivity index (χ1) is 13.6. The Hall–Kier alpha value is -3.07. The number of amides is 2. The molecule has 3 rings (SSSR count). The molecule has 2 aromatic carbocycles. The minimum atomic E-state index is -3.98. The van der Waals surface area contributed by atoms with Gasteiger partial charge in [0, 0.05) is 23.4 Å². The van der Waals surface area contributed by atoms with Crippen molar-refractivity contribution in [2.24, 2.45) is 0 Å². The summed E-state index contributed by atoms with van der Waals surface area (Å²) in [6.07, 6.45) is 0. The summed E-state index contributed by atoms with van der Waals surface area (Å²) in [7, 11) is -0.980. The molecule has 0 atom stereocenters. The maximum absolute atomic E-state index is 12.8. The monoisotopic (exact) mass is 418 g/mol. The molecule has 2 amide bonds. The van der Waals surface area contributed by atoms with Crippen molar-refractivity contribution in [1.29, 1.82) is 0 Å². The highest BCUT2D eigenvalue weighted by Crippen LogP contribution is 2.34. The number of aryl methyl sites for hydroxylation is 1. The molecule has 2 aromatic rings. The molecular weight excluding hydrogens is 396 g/mol. The van der Waals surface area contributed by atoms with Crippen LogP contribution in [0.5, 0.6) is 11.5 Å². The van der Waals surface area contributed by atoms with E-state index in [2.05, 4.69) is 5.32 Å². The lowest BCUT2D eigenvalue weighted by atomic mass is 10.1. The number of sulfonamides is 1. The van der Waals surface area contributed by atoms with Gasteiger partial charge in [-0.15, -0.1) is 0 Å². The lowest BCUT2D eigenvalue weighted by Crippen LogP contribution is -2.36. The van der Waals surface area contributed by atoms with Crippen LogP contribution in [0.2, 0.25) is 0 Å². The Labute approximate surface area is 169 Å². The third-order valence-corrected chi connectivity index (χ3v) is 6.66. The molecule has 1 heterocycles. The predicted molar refractivity (Wildman–Crippen MR) is 107 cm³/mol. The van der Waals surface area contributed by atoms with Crippen LogP contribution < -0.4 is 14.8 Å². The van der Waals surface area contributed by atoms with E-state index >= 15 is 0 Å². The van der Waals surface area contributed by atoms with Crippen LogP contribution in [-0.4, -0.2) is 44.8 Å². The second kappa shape index (κ2) is 7.40. The summed E-state index contributed by atoms with van der Waals surface area (Å²) in [5.74, 6) is -0.117. The number of hydrogen-bond donors (Lipinski definition) is 1. The molecular formula is C20H22N2O6S. The van der Waals surface area contributed by atoms with Gasteiger partial charge in [-0.25, -0.2) is 12.7 Å². The van der Waals surface area contributed by atoms with Crippen molar-refractivity contribution in [3.63, 3.8) is 0 Å². The van der Waals surface area contributed by atoms with Crippen molar-refractivity contribution < 1.29 is 27.5 Å². The second-order valence-electron chi connectivity index (χ2n) is 6.89. The molecule has 0 fully saturated rings. The highest BCUT2D eigenvalue weighted by atomic mass is 32.2. The largest absolute Gasteiger partial charge is 0.493 e. The Kier molecular flexibility index (Phi) is 5.27. The SMILES string of the molecule is COc1cc(C)c(NC(=O)c2ccc3c(c2)S(=O)(=O)N(C(C)C)C3=O)cc1OC. The van der Waals surface area contributed by atoms with Crippen molar-refractivity contribution >= 4 is 27.5 Å². The van der Waals surface area contributed by atoms with Gasteiger partial charge in [-0.2, -0.15) is 0 Å². The van der Waals surface area contributed by atoms with Crippen LogP contribution in [0.3, 0.4) is 0 Å². The number of anilines is 1. The number of nitrogens with one attached hydrogen (secondary N) is 1. The quantitative estimate of drug-likeness (QED) is 0.801. The molecule has 29 heavy (non-hydrogen) atoms. The van der Waals surface area contributed by atoms with Gasteiger partial charge >= 0.3 is 0 Å². The van der Waals surface area contributed by atoms with E-state index in [1.807, 2.05) is 0 Å². The van der Waals surface area contributed by atoms with E-state index in [-0.39, 0.29) is 16.0 Å². The van der Waals surface area contributed by atoms with Crippen molar-refractivity contribution in [2.45, 2.75) is 31.7 Å². The molecule has 9 heteroatoms. The van der Waals surface area contributed by atoms with Gasteiger partial charge in [0.05, 0.1) is 19.8 Å². The Balaban J connectivity index is 1.96. The summed E-state index contributed by atoms with van der Waals surface area (Å²) in [5, 5.41) is 2.75. The summed E-state index contributed by atoms with van der Waals surface area (Å²) < 4.78 is 36.8. The van der Waals surface area contributed by atoms with Crippen molar-refractivity contribution in [2.75, 3.05) is 19.5 Å². The highest BCUT2D eigenvalue weighted by Gasteiger charge is 2.42. The van der Waals surface area contributed by atoms with E-state index in [4.69, 9.17) is 9.47 Å². The van der Waals surface area contributed by atoms with E-state index in [0.29, 0.717) is 17.2 Å². The minimum absolute atomic E-state index is 0.0672. The normalized spacial score (nSPS) is 14.7. The minimum Gasteiger partial charge on any atom is -0.493 e. The fourth-order valence-electron chi connectivity index (χ4n) is 3.21. The van der Waals surface area contributed by atoms with Gasteiger partial charge in [0.25, 0.3) is 21.8 Å². The zero-order valence-corrected chi connectivity index (χ0v) is 17.6. The van der Waals surface area contributed by atoms with E-state index in [1.54, 1.807) is 32.9 Å². The summed E-state index contributed by atoms with van der Waals surface area (Å²) in [5.41, 5.74) is 1.43. The van der Waals surface area contributed by atoms with Crippen molar-refractivity contribution in [3.8, 4) is 11.5 Å². The van der Waals surface area contributed by atoms with Crippen LogP contribution in [-0.2, 0) is 10.0 Å². The van der Waals surface area contributed by atoms with Gasteiger partial charge in [-0.3, -0.25) is 9.59 Å². The molecule has 0 aromatic heterocycles. The molecule has 0 bridgehead atoms. The fourth-order valence-corrected chi connectivity index (χ4v) is 5.00. The zero-order chi connectivity index (χ0) is 21.5. The maximum atomic E-state index is 12.8. The molecule has 8 nitrogen and oxygen atoms in total. The van der Waals surface area contributed by atoms with Crippen molar-refractivity contribution in [1.82, 2.24) is 4.31 Å². The molecule has 0 radical (unpaired) electrons. The first kappa shape index (κ1) is 20.7. The molecule has 1 aliphatic heterocycles. The van der Waals surface area contributed by atoms with E-state index in [0.717, 1.165) is 9.87 Å². The van der Waals surface area contributed by atoms with E-state index < -0.39 is 27.9 Å². The third-order valence-electron chi connectivity index (χ3n) is 4.66. The molecule has 1 N–H and O–H groups in total. The average Bonchev–Trinajstić information content (AvgIpc) is 2.88. The highest BCUT2D eigenvalue weighted by molar-refractivity contribution is 7.90. The Morgan fingerprint density at radius 2 is 1.69 bits per heavy atom. The first-order valence-corrected chi connectivity index (χ1v) is 10.3. The van der Waals surface area contributed by atoms with Gasteiger partial charge in [-0.05, 0) is 50.6 Å². The number of benzene rings is 2. The molecule has 154 valence electrons. The third kappa shape index (κ3) is 3.42. The predicted octanol–water partition coefficient (Wildman–Crippen LogP) is 2.82. The first-order valence-electron chi connectivity index (χ1n) is 8.88. The summed E-state index contributed by atoms with van der Waals surface area (Å²) in [6.45, 7) is 5.04. The fraction of sp³-hybridized carbons (Fsp3) is 0.300. The van der Waals surface area contributed by atoms with Gasteiger partial charge in [0.1, 0.15) is 4.90 Å². The van der Waals surface area contributed by atoms with Crippen LogP contribution in [0.1, 0.15) is 40.1 Å². The van der Waals surface area contributed by atoms with Crippen LogP contribution in [0.25, 0.3) is 0 Å². The number of rotatable bonds is 5. The van der Waals surface area contributed by atoms with Crippen LogP contribution in [0.15, 0.2) is 35.2 Å². The topological polar surface area (TPSA) is 102 Å². The number of hydrogen-bond acceptors (Lipinski definition) is 6. The zero-order valence-electron chi connectivity index (χ0n) is 16.8. The van der Waals surface area contributed by atoms with E-state index in [9.17, 15) is 18.0 Å². The lowest BCUT2D eigenvalue weighted by Gasteiger charge is -2.18. The average molecular weight is 418 g/mol. The standard InChI is InChI=1S/C20H22N2O6S/c1-11(2)22-20(24)14-7-6-13(9-18(14)29(22,25)26)19(23)21-15-10-17(28-5)16(27-4)8-12(15)3/h6-11H,1-5H3,(H,21,23). The second-order valence-corrected chi connectivity index (χ2v) is 8.67. The lowest BCUT2D eigenvalue weighted by molar-refractivity contribution is 0.0846. The van der Waals surface area contributed by atoms with E-state index in [1.165, 1.54) is 32.4 Å². The summed E-state index contributed by atoms with van der Waals surface area (Å²) in [6, 6.07) is 6.86. The smallest absolute Gasteiger partial charge is 0.269 e. The maximum Gasteiger partial charge on any atom is 0.269 e. The van der Waals surface area contributed by atoms with Gasteiger partial charge in [0.2, 0.25) is 0 Å². The molecule has 0 unspecified atom stereocenters. The number of methoxy groups -OCH3 is 2. The number of nitrogens with zero attached hydrogens (tertiary/aromatic N) is 1. The van der Waals surface area contributed by atoms with Crippen molar-refractivity contribution in [3.05, 3.63) is 47.0 Å². The van der Waals surface area contributed by atoms with Crippen LogP contribution in [0.4, 0.5) is 5.69 Å². The van der Waals surface area contributed by atoms with Crippen LogP contribution in [0, 0.1) is 6.92 Å².